The van der Waals surface area contributed by atoms with Crippen LogP contribution >= 0.6 is 11.6 Å². The topological polar surface area (TPSA) is 37.8 Å². The first-order chi connectivity index (χ1) is 12.3. The molecule has 126 valence electrons. The predicted molar refractivity (Wildman–Crippen MR) is 101 cm³/mol. The summed E-state index contributed by atoms with van der Waals surface area (Å²) in [6.45, 7) is 0.690. The molecule has 0 bridgehead atoms. The lowest BCUT2D eigenvalue weighted by molar-refractivity contribution is 0.445. The van der Waals surface area contributed by atoms with E-state index in [1.165, 1.54) is 17.7 Å². The minimum Gasteiger partial charge on any atom is -0.303 e. The van der Waals surface area contributed by atoms with Crippen LogP contribution in [0, 0.1) is 0 Å². The molecule has 1 aliphatic carbocycles. The minimum atomic E-state index is 0.291. The molecule has 0 radical (unpaired) electrons. The first kappa shape index (κ1) is 16.2. The molecule has 1 aromatic carbocycles. The Kier molecular flexibility index (Phi) is 4.77. The minimum absolute atomic E-state index is 0.291. The number of fused-ring (bicyclic) bond motifs is 1. The molecule has 0 amide bonds. The van der Waals surface area contributed by atoms with Gasteiger partial charge in [0, 0.05) is 24.5 Å². The fraction of sp³-hybridized carbons (Fsp3) is 0.238. The molecule has 0 fully saturated rings. The molecular weight excluding hydrogens is 330 g/mol. The van der Waals surface area contributed by atoms with Crippen LogP contribution in [0.3, 0.4) is 0 Å². The van der Waals surface area contributed by atoms with Gasteiger partial charge in [0.1, 0.15) is 0 Å². The van der Waals surface area contributed by atoms with Gasteiger partial charge in [-0.15, -0.1) is 0 Å². The van der Waals surface area contributed by atoms with E-state index in [1.807, 2.05) is 54.9 Å². The zero-order chi connectivity index (χ0) is 17.1. The summed E-state index contributed by atoms with van der Waals surface area (Å²) >= 11 is 6.49. The third kappa shape index (κ3) is 3.58. The second-order valence-electron chi connectivity index (χ2n) is 6.39. The number of nitrogens with zero attached hydrogens (tertiary/aromatic N) is 2. The normalized spacial score (nSPS) is 16.4. The van der Waals surface area contributed by atoms with Gasteiger partial charge in [-0.3, -0.25) is 9.97 Å². The van der Waals surface area contributed by atoms with Gasteiger partial charge in [-0.05, 0) is 42.5 Å². The van der Waals surface area contributed by atoms with Gasteiger partial charge in [0.2, 0.25) is 0 Å². The summed E-state index contributed by atoms with van der Waals surface area (Å²) in [7, 11) is 0. The highest BCUT2D eigenvalue weighted by molar-refractivity contribution is 6.33. The van der Waals surface area contributed by atoms with Crippen LogP contribution in [0.2, 0.25) is 5.02 Å². The van der Waals surface area contributed by atoms with Crippen LogP contribution in [0.1, 0.15) is 35.8 Å². The predicted octanol–water partition coefficient (Wildman–Crippen LogP) is 4.96. The van der Waals surface area contributed by atoms with Gasteiger partial charge in [0.05, 0.1) is 22.5 Å². The molecule has 4 heteroatoms. The molecular formula is C21H20ClN3. The van der Waals surface area contributed by atoms with E-state index < -0.39 is 0 Å². The molecule has 2 heterocycles. The van der Waals surface area contributed by atoms with E-state index in [1.54, 1.807) is 0 Å². The van der Waals surface area contributed by atoms with Crippen molar-refractivity contribution >= 4 is 11.6 Å². The third-order valence-corrected chi connectivity index (χ3v) is 5.03. The second kappa shape index (κ2) is 7.34. The van der Waals surface area contributed by atoms with Crippen molar-refractivity contribution in [1.29, 1.82) is 0 Å². The first-order valence-corrected chi connectivity index (χ1v) is 9.06. The second-order valence-corrected chi connectivity index (χ2v) is 6.80. The van der Waals surface area contributed by atoms with E-state index >= 15 is 0 Å². The van der Waals surface area contributed by atoms with E-state index in [2.05, 4.69) is 21.4 Å². The lowest BCUT2D eigenvalue weighted by Crippen LogP contribution is -2.26. The molecule has 0 saturated heterocycles. The van der Waals surface area contributed by atoms with Crippen LogP contribution in [0.5, 0.6) is 0 Å². The number of rotatable bonds is 4. The van der Waals surface area contributed by atoms with Crippen molar-refractivity contribution in [2.75, 3.05) is 0 Å². The SMILES string of the molecule is Clc1cc(CN[C@@H]2CCCc3cccnc32)ncc1-c1ccccc1. The highest BCUT2D eigenvalue weighted by atomic mass is 35.5. The maximum absolute atomic E-state index is 6.49. The number of aromatic nitrogens is 2. The Hall–Kier alpha value is -2.23. The molecule has 3 aromatic rings. The molecule has 3 nitrogen and oxygen atoms in total. The third-order valence-electron chi connectivity index (χ3n) is 4.72. The van der Waals surface area contributed by atoms with Crippen molar-refractivity contribution in [2.24, 2.45) is 0 Å². The zero-order valence-corrected chi connectivity index (χ0v) is 14.7. The molecule has 0 spiro atoms. The van der Waals surface area contributed by atoms with Crippen molar-refractivity contribution in [3.05, 3.63) is 82.9 Å². The summed E-state index contributed by atoms with van der Waals surface area (Å²) in [6.07, 6.45) is 7.17. The van der Waals surface area contributed by atoms with Crippen LogP contribution in [0.4, 0.5) is 0 Å². The Morgan fingerprint density at radius 3 is 2.80 bits per heavy atom. The number of hydrogen-bond donors (Lipinski definition) is 1. The quantitative estimate of drug-likeness (QED) is 0.723. The average molecular weight is 350 g/mol. The number of aryl methyl sites for hydroxylation is 1. The molecule has 0 saturated carbocycles. The first-order valence-electron chi connectivity index (χ1n) is 8.68. The molecule has 4 rings (SSSR count). The van der Waals surface area contributed by atoms with E-state index in [0.717, 1.165) is 34.7 Å². The van der Waals surface area contributed by atoms with Crippen LogP contribution in [0.25, 0.3) is 11.1 Å². The summed E-state index contributed by atoms with van der Waals surface area (Å²) in [5.41, 5.74) is 5.55. The van der Waals surface area contributed by atoms with Gasteiger partial charge in [0.25, 0.3) is 0 Å². The number of halogens is 1. The molecule has 25 heavy (non-hydrogen) atoms. The van der Waals surface area contributed by atoms with Gasteiger partial charge in [0.15, 0.2) is 0 Å². The number of pyridine rings is 2. The fourth-order valence-electron chi connectivity index (χ4n) is 3.43. The summed E-state index contributed by atoms with van der Waals surface area (Å²) in [6, 6.07) is 16.6. The molecule has 1 N–H and O–H groups in total. The number of benzene rings is 1. The maximum Gasteiger partial charge on any atom is 0.0605 e. The number of hydrogen-bond acceptors (Lipinski definition) is 3. The van der Waals surface area contributed by atoms with E-state index in [9.17, 15) is 0 Å². The number of nitrogens with one attached hydrogen (secondary N) is 1. The molecule has 2 aromatic heterocycles. The summed E-state index contributed by atoms with van der Waals surface area (Å²) in [5, 5.41) is 4.33. The summed E-state index contributed by atoms with van der Waals surface area (Å²) in [5.74, 6) is 0. The standard InChI is InChI=1S/C21H20ClN3/c22-19-12-17(24-14-18(19)15-6-2-1-3-7-15)13-25-20-10-4-8-16-9-5-11-23-21(16)20/h1-3,5-7,9,11-12,14,20,25H,4,8,10,13H2/t20-/m1/s1. The zero-order valence-electron chi connectivity index (χ0n) is 14.0. The van der Waals surface area contributed by atoms with Crippen LogP contribution in [-0.2, 0) is 13.0 Å². The van der Waals surface area contributed by atoms with Gasteiger partial charge in [-0.1, -0.05) is 48.0 Å². The molecule has 0 unspecified atom stereocenters. The van der Waals surface area contributed by atoms with Crippen LogP contribution in [-0.4, -0.2) is 9.97 Å². The van der Waals surface area contributed by atoms with Crippen molar-refractivity contribution < 1.29 is 0 Å². The smallest absolute Gasteiger partial charge is 0.0605 e. The fourth-order valence-corrected chi connectivity index (χ4v) is 3.72. The van der Waals surface area contributed by atoms with E-state index in [0.29, 0.717) is 12.6 Å². The van der Waals surface area contributed by atoms with Crippen LogP contribution in [0.15, 0.2) is 60.9 Å². The van der Waals surface area contributed by atoms with Crippen molar-refractivity contribution in [3.63, 3.8) is 0 Å². The Morgan fingerprint density at radius 2 is 1.96 bits per heavy atom. The van der Waals surface area contributed by atoms with E-state index in [-0.39, 0.29) is 0 Å². The highest BCUT2D eigenvalue weighted by Crippen LogP contribution is 2.29. The largest absolute Gasteiger partial charge is 0.303 e. The summed E-state index contributed by atoms with van der Waals surface area (Å²) < 4.78 is 0. The van der Waals surface area contributed by atoms with Gasteiger partial charge in [-0.2, -0.15) is 0 Å². The highest BCUT2D eigenvalue weighted by Gasteiger charge is 2.20. The van der Waals surface area contributed by atoms with Gasteiger partial charge >= 0.3 is 0 Å². The van der Waals surface area contributed by atoms with Crippen molar-refractivity contribution in [1.82, 2.24) is 15.3 Å². The van der Waals surface area contributed by atoms with E-state index in [4.69, 9.17) is 11.6 Å². The maximum atomic E-state index is 6.49. The lowest BCUT2D eigenvalue weighted by Gasteiger charge is -2.25. The van der Waals surface area contributed by atoms with Crippen molar-refractivity contribution in [3.8, 4) is 11.1 Å². The average Bonchev–Trinajstić information content (AvgIpc) is 2.67. The van der Waals surface area contributed by atoms with Crippen molar-refractivity contribution in [2.45, 2.75) is 31.8 Å². The molecule has 1 aliphatic rings. The Labute approximate surface area is 153 Å². The monoisotopic (exact) mass is 349 g/mol. The van der Waals surface area contributed by atoms with Gasteiger partial charge in [-0.25, -0.2) is 0 Å². The molecule has 1 atom stereocenters. The Bertz CT molecular complexity index is 864. The molecule has 0 aliphatic heterocycles. The lowest BCUT2D eigenvalue weighted by atomic mass is 9.92. The summed E-state index contributed by atoms with van der Waals surface area (Å²) in [4.78, 5) is 9.16. The Morgan fingerprint density at radius 1 is 1.08 bits per heavy atom. The van der Waals surface area contributed by atoms with Gasteiger partial charge < -0.3 is 5.32 Å². The Balaban J connectivity index is 1.49. The van der Waals surface area contributed by atoms with Crippen LogP contribution < -0.4 is 5.32 Å².